The molecule has 90 valence electrons. The summed E-state index contributed by atoms with van der Waals surface area (Å²) in [4.78, 5) is 0. The van der Waals surface area contributed by atoms with Gasteiger partial charge in [-0.05, 0) is 30.9 Å². The van der Waals surface area contributed by atoms with Crippen molar-refractivity contribution in [3.05, 3.63) is 34.9 Å². The normalized spacial score (nSPS) is 14.9. The molecule has 16 heavy (non-hydrogen) atoms. The molecule has 0 heterocycles. The standard InChI is InChI=1S/C13H19F2N/c1-4-8(2)7-11(16)12-10(14)6-5-9(3)13(12)15/h5-6,8,11H,4,7,16H2,1-3H3. The van der Waals surface area contributed by atoms with E-state index in [9.17, 15) is 8.78 Å². The zero-order chi connectivity index (χ0) is 12.3. The summed E-state index contributed by atoms with van der Waals surface area (Å²) in [6.45, 7) is 5.69. The van der Waals surface area contributed by atoms with Crippen molar-refractivity contribution in [1.82, 2.24) is 0 Å². The van der Waals surface area contributed by atoms with Crippen molar-refractivity contribution >= 4 is 0 Å². The Labute approximate surface area is 95.7 Å². The molecule has 0 bridgehead atoms. The van der Waals surface area contributed by atoms with Crippen LogP contribution in [0, 0.1) is 24.5 Å². The van der Waals surface area contributed by atoms with Crippen LogP contribution in [0.5, 0.6) is 0 Å². The van der Waals surface area contributed by atoms with Crippen molar-refractivity contribution < 1.29 is 8.78 Å². The minimum Gasteiger partial charge on any atom is -0.324 e. The highest BCUT2D eigenvalue weighted by Gasteiger charge is 2.19. The van der Waals surface area contributed by atoms with Crippen LogP contribution < -0.4 is 5.73 Å². The Morgan fingerprint density at radius 2 is 1.94 bits per heavy atom. The van der Waals surface area contributed by atoms with Gasteiger partial charge in [0.15, 0.2) is 0 Å². The SMILES string of the molecule is CCC(C)CC(N)c1c(F)ccc(C)c1F. The number of halogens is 2. The van der Waals surface area contributed by atoms with E-state index in [0.29, 0.717) is 17.9 Å². The van der Waals surface area contributed by atoms with Gasteiger partial charge in [0, 0.05) is 11.6 Å². The predicted molar refractivity (Wildman–Crippen MR) is 62.1 cm³/mol. The van der Waals surface area contributed by atoms with Crippen molar-refractivity contribution in [2.45, 2.75) is 39.7 Å². The lowest BCUT2D eigenvalue weighted by molar-refractivity contribution is 0.432. The van der Waals surface area contributed by atoms with E-state index < -0.39 is 17.7 Å². The average molecular weight is 227 g/mol. The Balaban J connectivity index is 2.98. The Morgan fingerprint density at radius 1 is 1.31 bits per heavy atom. The smallest absolute Gasteiger partial charge is 0.133 e. The van der Waals surface area contributed by atoms with Crippen LogP contribution in [-0.2, 0) is 0 Å². The van der Waals surface area contributed by atoms with Crippen LogP contribution in [0.2, 0.25) is 0 Å². The highest BCUT2D eigenvalue weighted by Crippen LogP contribution is 2.26. The predicted octanol–water partition coefficient (Wildman–Crippen LogP) is 3.71. The molecular weight excluding hydrogens is 208 g/mol. The summed E-state index contributed by atoms with van der Waals surface area (Å²) in [5.74, 6) is -0.677. The van der Waals surface area contributed by atoms with E-state index in [1.165, 1.54) is 12.1 Å². The molecule has 1 rings (SSSR count). The summed E-state index contributed by atoms with van der Waals surface area (Å²) >= 11 is 0. The molecule has 2 atom stereocenters. The van der Waals surface area contributed by atoms with Gasteiger partial charge in [-0.15, -0.1) is 0 Å². The molecule has 2 N–H and O–H groups in total. The quantitative estimate of drug-likeness (QED) is 0.833. The van der Waals surface area contributed by atoms with Gasteiger partial charge in [0.2, 0.25) is 0 Å². The summed E-state index contributed by atoms with van der Waals surface area (Å²) < 4.78 is 27.3. The molecular formula is C13H19F2N. The summed E-state index contributed by atoms with van der Waals surface area (Å²) in [6, 6.07) is 2.16. The monoisotopic (exact) mass is 227 g/mol. The maximum absolute atomic E-state index is 13.7. The van der Waals surface area contributed by atoms with Gasteiger partial charge in [-0.2, -0.15) is 0 Å². The van der Waals surface area contributed by atoms with Crippen LogP contribution in [0.4, 0.5) is 8.78 Å². The van der Waals surface area contributed by atoms with Crippen molar-refractivity contribution in [2.75, 3.05) is 0 Å². The number of benzene rings is 1. The van der Waals surface area contributed by atoms with E-state index in [0.717, 1.165) is 6.42 Å². The maximum Gasteiger partial charge on any atom is 0.133 e. The van der Waals surface area contributed by atoms with Crippen LogP contribution in [-0.4, -0.2) is 0 Å². The van der Waals surface area contributed by atoms with E-state index in [4.69, 9.17) is 5.73 Å². The molecule has 0 radical (unpaired) electrons. The molecule has 1 aromatic carbocycles. The second kappa shape index (κ2) is 5.39. The molecule has 2 unspecified atom stereocenters. The molecule has 0 aliphatic heterocycles. The maximum atomic E-state index is 13.7. The highest BCUT2D eigenvalue weighted by atomic mass is 19.1. The summed E-state index contributed by atoms with van der Waals surface area (Å²) in [5, 5.41) is 0. The van der Waals surface area contributed by atoms with Crippen LogP contribution in [0.15, 0.2) is 12.1 Å². The fourth-order valence-corrected chi connectivity index (χ4v) is 1.74. The van der Waals surface area contributed by atoms with Gasteiger partial charge in [-0.3, -0.25) is 0 Å². The second-order valence-electron chi connectivity index (χ2n) is 4.45. The first-order valence-electron chi connectivity index (χ1n) is 5.67. The van der Waals surface area contributed by atoms with Crippen molar-refractivity contribution in [3.8, 4) is 0 Å². The van der Waals surface area contributed by atoms with E-state index >= 15 is 0 Å². The topological polar surface area (TPSA) is 26.0 Å². The third-order valence-corrected chi connectivity index (χ3v) is 3.04. The molecule has 0 aliphatic rings. The van der Waals surface area contributed by atoms with Gasteiger partial charge in [0.25, 0.3) is 0 Å². The molecule has 1 aromatic rings. The van der Waals surface area contributed by atoms with Crippen molar-refractivity contribution in [2.24, 2.45) is 11.7 Å². The van der Waals surface area contributed by atoms with Crippen molar-refractivity contribution in [3.63, 3.8) is 0 Å². The largest absolute Gasteiger partial charge is 0.324 e. The number of aryl methyl sites for hydroxylation is 1. The molecule has 0 saturated carbocycles. The molecule has 1 nitrogen and oxygen atoms in total. The number of rotatable bonds is 4. The lowest BCUT2D eigenvalue weighted by atomic mass is 9.93. The third kappa shape index (κ3) is 2.79. The summed E-state index contributed by atoms with van der Waals surface area (Å²) in [7, 11) is 0. The van der Waals surface area contributed by atoms with Crippen LogP contribution in [0.25, 0.3) is 0 Å². The van der Waals surface area contributed by atoms with Gasteiger partial charge < -0.3 is 5.73 Å². The van der Waals surface area contributed by atoms with Gasteiger partial charge >= 0.3 is 0 Å². The Kier molecular flexibility index (Phi) is 4.42. The van der Waals surface area contributed by atoms with E-state index in [-0.39, 0.29) is 5.56 Å². The molecule has 0 fully saturated rings. The van der Waals surface area contributed by atoms with E-state index in [1.807, 2.05) is 13.8 Å². The van der Waals surface area contributed by atoms with Crippen LogP contribution >= 0.6 is 0 Å². The fourth-order valence-electron chi connectivity index (χ4n) is 1.74. The molecule has 0 spiro atoms. The second-order valence-corrected chi connectivity index (χ2v) is 4.45. The fraction of sp³-hybridized carbons (Fsp3) is 0.538. The van der Waals surface area contributed by atoms with Gasteiger partial charge in [-0.1, -0.05) is 26.3 Å². The molecule has 0 aliphatic carbocycles. The Morgan fingerprint density at radius 3 is 2.50 bits per heavy atom. The zero-order valence-corrected chi connectivity index (χ0v) is 10.1. The first-order valence-corrected chi connectivity index (χ1v) is 5.67. The molecule has 0 aromatic heterocycles. The van der Waals surface area contributed by atoms with Crippen molar-refractivity contribution in [1.29, 1.82) is 0 Å². The minimum atomic E-state index is -0.560. The molecule has 0 saturated heterocycles. The van der Waals surface area contributed by atoms with Crippen LogP contribution in [0.3, 0.4) is 0 Å². The van der Waals surface area contributed by atoms with Crippen LogP contribution in [0.1, 0.15) is 43.9 Å². The summed E-state index contributed by atoms with van der Waals surface area (Å²) in [6.07, 6.45) is 1.57. The van der Waals surface area contributed by atoms with Gasteiger partial charge in [0.05, 0.1) is 0 Å². The Hall–Kier alpha value is -0.960. The van der Waals surface area contributed by atoms with Gasteiger partial charge in [-0.25, -0.2) is 8.78 Å². The van der Waals surface area contributed by atoms with E-state index in [2.05, 4.69) is 0 Å². The average Bonchev–Trinajstić information content (AvgIpc) is 2.24. The van der Waals surface area contributed by atoms with Gasteiger partial charge in [0.1, 0.15) is 11.6 Å². The first kappa shape index (κ1) is 13.1. The number of nitrogens with two attached hydrogens (primary N) is 1. The summed E-state index contributed by atoms with van der Waals surface area (Å²) in [5.41, 5.74) is 6.33. The molecule has 0 amide bonds. The molecule has 3 heteroatoms. The highest BCUT2D eigenvalue weighted by molar-refractivity contribution is 5.29. The first-order chi connectivity index (χ1) is 7.47. The third-order valence-electron chi connectivity index (χ3n) is 3.04. The lowest BCUT2D eigenvalue weighted by Crippen LogP contribution is -2.17. The Bertz CT molecular complexity index is 363. The number of hydrogen-bond acceptors (Lipinski definition) is 1. The zero-order valence-electron chi connectivity index (χ0n) is 10.1. The minimum absolute atomic E-state index is 0.0281. The van der Waals surface area contributed by atoms with E-state index in [1.54, 1.807) is 6.92 Å². The number of hydrogen-bond donors (Lipinski definition) is 1. The lowest BCUT2D eigenvalue weighted by Gasteiger charge is -2.18.